The normalized spacial score (nSPS) is 17.6. The van der Waals surface area contributed by atoms with E-state index in [2.05, 4.69) is 10.0 Å². The molecule has 0 aromatic heterocycles. The summed E-state index contributed by atoms with van der Waals surface area (Å²) in [6, 6.07) is 15.0. The lowest BCUT2D eigenvalue weighted by Gasteiger charge is -2.30. The quantitative estimate of drug-likeness (QED) is 0.109. The summed E-state index contributed by atoms with van der Waals surface area (Å²) >= 11 is 0.764. The Bertz CT molecular complexity index is 1010. The van der Waals surface area contributed by atoms with Crippen LogP contribution in [0.25, 0.3) is 0 Å². The van der Waals surface area contributed by atoms with Gasteiger partial charge in [-0.2, -0.15) is 0 Å². The van der Waals surface area contributed by atoms with E-state index in [0.29, 0.717) is 5.56 Å². The number of nitro benzene ring substituents is 1. The molecule has 214 valence electrons. The summed E-state index contributed by atoms with van der Waals surface area (Å²) in [6.07, 6.45) is 13.9. The van der Waals surface area contributed by atoms with Crippen molar-refractivity contribution < 1.29 is 25.0 Å². The first-order valence-corrected chi connectivity index (χ1v) is 14.7. The van der Waals surface area contributed by atoms with Gasteiger partial charge in [0.15, 0.2) is 5.79 Å². The number of carboxylic acids is 1. The highest BCUT2D eigenvalue weighted by Crippen LogP contribution is 2.28. The van der Waals surface area contributed by atoms with Gasteiger partial charge in [0.25, 0.3) is 5.69 Å². The van der Waals surface area contributed by atoms with Gasteiger partial charge in [0.1, 0.15) is 10.9 Å². The Morgan fingerprint density at radius 2 is 1.46 bits per heavy atom. The van der Waals surface area contributed by atoms with E-state index < -0.39 is 29.1 Å². The molecule has 10 heteroatoms. The first-order chi connectivity index (χ1) is 18.7. The minimum Gasteiger partial charge on any atom is -0.480 e. The van der Waals surface area contributed by atoms with Crippen molar-refractivity contribution in [3.05, 3.63) is 70.3 Å². The Morgan fingerprint density at radius 1 is 0.923 bits per heavy atom. The molecule has 9 nitrogen and oxygen atoms in total. The zero-order valence-corrected chi connectivity index (χ0v) is 23.2. The minimum absolute atomic E-state index is 0.143. The van der Waals surface area contributed by atoms with E-state index in [9.17, 15) is 30.2 Å². The molecule has 39 heavy (non-hydrogen) atoms. The molecule has 5 N–H and O–H groups in total. The monoisotopic (exact) mass is 559 g/mol. The standard InChI is InChI=1S/C17H18N2O6S.C12H23N/c20-16(21)13(11-17(22,23)10-12-6-2-1-3-7-12)18-26-15-9-5-4-8-14(15)19(24)25;1-3-7-11(8-4-1)13-12-9-5-2-6-10-12/h1-9,13,18,22-23H,10-11H2,(H,20,21);11-13H,1-10H2/t13-;/m0./s1. The number of nitrogens with zero attached hydrogens (tertiary/aromatic N) is 1. The van der Waals surface area contributed by atoms with Gasteiger partial charge >= 0.3 is 5.97 Å². The van der Waals surface area contributed by atoms with Crippen molar-refractivity contribution >= 4 is 23.6 Å². The van der Waals surface area contributed by atoms with Crippen LogP contribution in [0.2, 0.25) is 0 Å². The van der Waals surface area contributed by atoms with Gasteiger partial charge in [-0.3, -0.25) is 14.9 Å². The molecular weight excluding hydrogens is 518 g/mol. The molecule has 2 aliphatic carbocycles. The molecule has 0 saturated heterocycles. The van der Waals surface area contributed by atoms with Gasteiger partial charge in [-0.25, -0.2) is 4.72 Å². The first-order valence-electron chi connectivity index (χ1n) is 13.9. The maximum absolute atomic E-state index is 11.4. The number of carboxylic acid groups (broad SMARTS) is 1. The maximum Gasteiger partial charge on any atom is 0.321 e. The van der Waals surface area contributed by atoms with Gasteiger partial charge < -0.3 is 20.6 Å². The molecule has 2 aromatic carbocycles. The smallest absolute Gasteiger partial charge is 0.321 e. The first kappa shape index (κ1) is 31.0. The van der Waals surface area contributed by atoms with Crippen LogP contribution in [0, 0.1) is 10.1 Å². The average molecular weight is 560 g/mol. The Morgan fingerprint density at radius 3 is 2.00 bits per heavy atom. The molecule has 2 aromatic rings. The van der Waals surface area contributed by atoms with E-state index in [1.807, 2.05) is 0 Å². The zero-order valence-electron chi connectivity index (χ0n) is 22.3. The lowest BCUT2D eigenvalue weighted by Crippen LogP contribution is -2.43. The predicted molar refractivity (Wildman–Crippen MR) is 152 cm³/mol. The van der Waals surface area contributed by atoms with Crippen molar-refractivity contribution in [3.63, 3.8) is 0 Å². The number of carbonyl (C=O) groups is 1. The largest absolute Gasteiger partial charge is 0.480 e. The molecule has 0 radical (unpaired) electrons. The number of hydrogen-bond donors (Lipinski definition) is 5. The summed E-state index contributed by atoms with van der Waals surface area (Å²) < 4.78 is 2.57. The number of aliphatic carboxylic acids is 1. The van der Waals surface area contributed by atoms with Crippen LogP contribution in [0.1, 0.15) is 76.2 Å². The molecule has 0 amide bonds. The fraction of sp³-hybridized carbons (Fsp3) is 0.552. The van der Waals surface area contributed by atoms with Gasteiger partial charge in [0, 0.05) is 31.0 Å². The Labute approximate surface area is 234 Å². The Balaban J connectivity index is 0.000000268. The molecule has 0 bridgehead atoms. The molecule has 1 atom stereocenters. The average Bonchev–Trinajstić information content (AvgIpc) is 2.93. The lowest BCUT2D eigenvalue weighted by atomic mass is 9.91. The van der Waals surface area contributed by atoms with Crippen molar-refractivity contribution in [2.75, 3.05) is 0 Å². The molecule has 2 saturated carbocycles. The van der Waals surface area contributed by atoms with Crippen molar-refractivity contribution in [1.29, 1.82) is 0 Å². The molecule has 0 heterocycles. The molecule has 4 rings (SSSR count). The third kappa shape index (κ3) is 11.3. The van der Waals surface area contributed by atoms with Crippen LogP contribution in [0.3, 0.4) is 0 Å². The number of nitrogens with one attached hydrogen (secondary N) is 2. The van der Waals surface area contributed by atoms with Crippen molar-refractivity contribution in [3.8, 4) is 0 Å². The number of benzene rings is 2. The fourth-order valence-corrected chi connectivity index (χ4v) is 6.05. The third-order valence-corrected chi connectivity index (χ3v) is 8.18. The van der Waals surface area contributed by atoms with Crippen LogP contribution in [-0.2, 0) is 11.2 Å². The molecule has 2 fully saturated rings. The highest BCUT2D eigenvalue weighted by Gasteiger charge is 2.32. The SMILES string of the molecule is C1CCC(NC2CCCCC2)CC1.O=C(O)[C@H](CC(O)(O)Cc1ccccc1)NSc1ccccc1[N+](=O)[O-]. The topological polar surface area (TPSA) is 145 Å². The van der Waals surface area contributed by atoms with E-state index in [0.717, 1.165) is 24.0 Å². The summed E-state index contributed by atoms with van der Waals surface area (Å²) in [5, 5.41) is 44.5. The second kappa shape index (κ2) is 15.9. The molecule has 0 unspecified atom stereocenters. The second-order valence-electron chi connectivity index (χ2n) is 10.5. The summed E-state index contributed by atoms with van der Waals surface area (Å²) in [6.45, 7) is 0. The zero-order chi connectivity index (χ0) is 28.1. The second-order valence-corrected chi connectivity index (χ2v) is 11.4. The van der Waals surface area contributed by atoms with Crippen LogP contribution in [-0.4, -0.2) is 50.1 Å². The number of nitro groups is 1. The highest BCUT2D eigenvalue weighted by molar-refractivity contribution is 7.97. The number of rotatable bonds is 11. The Kier molecular flexibility index (Phi) is 12.7. The van der Waals surface area contributed by atoms with E-state index in [-0.39, 0.29) is 17.0 Å². The number of para-hydroxylation sites is 1. The van der Waals surface area contributed by atoms with Gasteiger partial charge in [-0.1, -0.05) is 81.0 Å². The molecule has 0 aliphatic heterocycles. The highest BCUT2D eigenvalue weighted by atomic mass is 32.2. The maximum atomic E-state index is 11.4. The number of aliphatic hydroxyl groups is 2. The summed E-state index contributed by atoms with van der Waals surface area (Å²) in [4.78, 5) is 22.1. The number of hydrogen-bond acceptors (Lipinski definition) is 8. The van der Waals surface area contributed by atoms with Gasteiger partial charge in [0.05, 0.1) is 4.92 Å². The summed E-state index contributed by atoms with van der Waals surface area (Å²) in [5.41, 5.74) is 0.477. The molecular formula is C29H41N3O6S. The minimum atomic E-state index is -2.25. The fourth-order valence-electron chi connectivity index (χ4n) is 5.20. The van der Waals surface area contributed by atoms with Gasteiger partial charge in [0.2, 0.25) is 0 Å². The van der Waals surface area contributed by atoms with E-state index in [1.165, 1.54) is 82.4 Å². The van der Waals surface area contributed by atoms with E-state index in [1.54, 1.807) is 36.4 Å². The van der Waals surface area contributed by atoms with Crippen LogP contribution >= 0.6 is 11.9 Å². The third-order valence-electron chi connectivity index (χ3n) is 7.21. The summed E-state index contributed by atoms with van der Waals surface area (Å²) in [5.74, 6) is -3.54. The van der Waals surface area contributed by atoms with Crippen molar-refractivity contribution in [2.24, 2.45) is 0 Å². The summed E-state index contributed by atoms with van der Waals surface area (Å²) in [7, 11) is 0. The molecule has 0 spiro atoms. The lowest BCUT2D eigenvalue weighted by molar-refractivity contribution is -0.387. The van der Waals surface area contributed by atoms with E-state index in [4.69, 9.17) is 0 Å². The van der Waals surface area contributed by atoms with Gasteiger partial charge in [-0.15, -0.1) is 0 Å². The van der Waals surface area contributed by atoms with Crippen molar-refractivity contribution in [2.45, 2.75) is 106 Å². The van der Waals surface area contributed by atoms with Crippen LogP contribution in [0.4, 0.5) is 5.69 Å². The van der Waals surface area contributed by atoms with Crippen LogP contribution in [0.5, 0.6) is 0 Å². The predicted octanol–water partition coefficient (Wildman–Crippen LogP) is 5.20. The van der Waals surface area contributed by atoms with Crippen LogP contribution < -0.4 is 10.0 Å². The van der Waals surface area contributed by atoms with E-state index >= 15 is 0 Å². The van der Waals surface area contributed by atoms with Crippen LogP contribution in [0.15, 0.2) is 59.5 Å². The Hall–Kier alpha value is -2.50. The molecule has 2 aliphatic rings. The van der Waals surface area contributed by atoms with Crippen molar-refractivity contribution in [1.82, 2.24) is 10.0 Å². The van der Waals surface area contributed by atoms with Gasteiger partial charge in [-0.05, 0) is 49.3 Å².